The molecule has 0 aliphatic carbocycles. The first-order chi connectivity index (χ1) is 9.56. The summed E-state index contributed by atoms with van der Waals surface area (Å²) in [6.45, 7) is 6.25. The second-order valence-corrected chi connectivity index (χ2v) is 6.89. The number of tetrazole rings is 1. The maximum atomic E-state index is 4.02. The maximum Gasteiger partial charge on any atom is 0.213 e. The number of nitrogens with zero attached hydrogens (tertiary/aromatic N) is 4. The summed E-state index contributed by atoms with van der Waals surface area (Å²) < 4.78 is 2.76. The van der Waals surface area contributed by atoms with Crippen LogP contribution in [0.1, 0.15) is 19.4 Å². The first-order valence-corrected chi connectivity index (χ1v) is 8.06. The van der Waals surface area contributed by atoms with Crippen LogP contribution < -0.4 is 5.32 Å². The molecular formula is C13H18BrN5S. The summed E-state index contributed by atoms with van der Waals surface area (Å²) >= 11 is 5.11. The predicted molar refractivity (Wildman–Crippen MR) is 83.6 cm³/mol. The fourth-order valence-electron chi connectivity index (χ4n) is 1.69. The van der Waals surface area contributed by atoms with E-state index in [-0.39, 0.29) is 0 Å². The number of rotatable bonds is 6. The molecule has 7 heteroatoms. The summed E-state index contributed by atoms with van der Waals surface area (Å²) in [5.74, 6) is 0.640. The minimum atomic E-state index is 0.640. The van der Waals surface area contributed by atoms with Crippen molar-refractivity contribution in [1.82, 2.24) is 25.5 Å². The molecule has 0 atom stereocenters. The zero-order valence-corrected chi connectivity index (χ0v) is 14.2. The molecule has 0 radical (unpaired) electrons. The Morgan fingerprint density at radius 2 is 2.20 bits per heavy atom. The van der Waals surface area contributed by atoms with E-state index in [0.29, 0.717) is 5.92 Å². The molecule has 0 aliphatic rings. The Morgan fingerprint density at radius 3 is 2.85 bits per heavy atom. The van der Waals surface area contributed by atoms with Crippen molar-refractivity contribution in [3.05, 3.63) is 28.2 Å². The van der Waals surface area contributed by atoms with Crippen LogP contribution >= 0.6 is 27.7 Å². The monoisotopic (exact) mass is 355 g/mol. The lowest BCUT2D eigenvalue weighted by atomic mass is 10.2. The van der Waals surface area contributed by atoms with Gasteiger partial charge in [-0.25, -0.2) is 4.68 Å². The average molecular weight is 356 g/mol. The van der Waals surface area contributed by atoms with Gasteiger partial charge in [-0.3, -0.25) is 0 Å². The van der Waals surface area contributed by atoms with Gasteiger partial charge in [0.05, 0.1) is 0 Å². The van der Waals surface area contributed by atoms with E-state index in [1.807, 2.05) is 13.1 Å². The minimum Gasteiger partial charge on any atom is -0.312 e. The number of aromatic nitrogens is 4. The number of hydrogen-bond donors (Lipinski definition) is 1. The standard InChI is InChI=1S/C13H18BrN5S/c1-9(2)7-15-8-10-6-11(14)4-5-12(10)20-13-16-17-18-19(13)3/h4-6,9,15H,7-8H2,1-3H3. The highest BCUT2D eigenvalue weighted by Crippen LogP contribution is 2.30. The zero-order valence-electron chi connectivity index (χ0n) is 11.8. The second kappa shape index (κ2) is 7.19. The van der Waals surface area contributed by atoms with Gasteiger partial charge in [-0.2, -0.15) is 0 Å². The summed E-state index contributed by atoms with van der Waals surface area (Å²) in [7, 11) is 1.85. The SMILES string of the molecule is CC(C)CNCc1cc(Br)ccc1Sc1nnnn1C. The molecule has 2 aromatic rings. The molecule has 0 fully saturated rings. The topological polar surface area (TPSA) is 55.6 Å². The van der Waals surface area contributed by atoms with Crippen molar-refractivity contribution in [1.29, 1.82) is 0 Å². The highest BCUT2D eigenvalue weighted by molar-refractivity contribution is 9.10. The van der Waals surface area contributed by atoms with Gasteiger partial charge in [-0.05, 0) is 58.4 Å². The minimum absolute atomic E-state index is 0.640. The van der Waals surface area contributed by atoms with Gasteiger partial charge in [0.25, 0.3) is 0 Å². The van der Waals surface area contributed by atoms with Crippen molar-refractivity contribution in [3.8, 4) is 0 Å². The van der Waals surface area contributed by atoms with E-state index in [2.05, 4.69) is 62.8 Å². The molecule has 108 valence electrons. The Kier molecular flexibility index (Phi) is 5.56. The summed E-state index contributed by atoms with van der Waals surface area (Å²) in [6, 6.07) is 6.27. The zero-order chi connectivity index (χ0) is 14.5. The molecule has 0 spiro atoms. The smallest absolute Gasteiger partial charge is 0.213 e. The van der Waals surface area contributed by atoms with Crippen LogP contribution in [0.15, 0.2) is 32.7 Å². The van der Waals surface area contributed by atoms with E-state index in [1.54, 1.807) is 16.4 Å². The van der Waals surface area contributed by atoms with Crippen LogP contribution in [-0.4, -0.2) is 26.8 Å². The number of aryl methyl sites for hydroxylation is 1. The van der Waals surface area contributed by atoms with Gasteiger partial charge < -0.3 is 5.32 Å². The molecule has 1 heterocycles. The van der Waals surface area contributed by atoms with Crippen molar-refractivity contribution in [2.45, 2.75) is 30.4 Å². The first kappa shape index (κ1) is 15.5. The van der Waals surface area contributed by atoms with E-state index in [0.717, 1.165) is 22.7 Å². The predicted octanol–water partition coefficient (Wildman–Crippen LogP) is 2.87. The number of nitrogens with one attached hydrogen (secondary N) is 1. The quantitative estimate of drug-likeness (QED) is 0.863. The molecule has 1 aromatic carbocycles. The highest BCUT2D eigenvalue weighted by Gasteiger charge is 2.10. The van der Waals surface area contributed by atoms with Gasteiger partial charge in [-0.15, -0.1) is 5.10 Å². The molecule has 20 heavy (non-hydrogen) atoms. The van der Waals surface area contributed by atoms with Crippen molar-refractivity contribution < 1.29 is 0 Å². The van der Waals surface area contributed by atoms with Crippen molar-refractivity contribution >= 4 is 27.7 Å². The first-order valence-electron chi connectivity index (χ1n) is 6.45. The Hall–Kier alpha value is -0.920. The van der Waals surface area contributed by atoms with Gasteiger partial charge in [0.1, 0.15) is 0 Å². The number of hydrogen-bond acceptors (Lipinski definition) is 5. The average Bonchev–Trinajstić information content (AvgIpc) is 2.78. The molecule has 0 saturated heterocycles. The van der Waals surface area contributed by atoms with Crippen molar-refractivity contribution in [2.75, 3.05) is 6.54 Å². The fraction of sp³-hybridized carbons (Fsp3) is 0.462. The van der Waals surface area contributed by atoms with Crippen LogP contribution in [0.4, 0.5) is 0 Å². The third kappa shape index (κ3) is 4.29. The third-order valence-electron chi connectivity index (χ3n) is 2.67. The molecule has 0 bridgehead atoms. The second-order valence-electron chi connectivity index (χ2n) is 4.96. The Bertz CT molecular complexity index is 570. The van der Waals surface area contributed by atoms with Gasteiger partial charge >= 0.3 is 0 Å². The van der Waals surface area contributed by atoms with Crippen LogP contribution in [0.3, 0.4) is 0 Å². The summed E-state index contributed by atoms with van der Waals surface area (Å²) in [4.78, 5) is 1.17. The van der Waals surface area contributed by atoms with E-state index < -0.39 is 0 Å². The lowest BCUT2D eigenvalue weighted by Gasteiger charge is -2.11. The molecule has 5 nitrogen and oxygen atoms in total. The lowest BCUT2D eigenvalue weighted by molar-refractivity contribution is 0.550. The van der Waals surface area contributed by atoms with Gasteiger partial charge in [0.2, 0.25) is 5.16 Å². The van der Waals surface area contributed by atoms with Crippen molar-refractivity contribution in [2.24, 2.45) is 13.0 Å². The van der Waals surface area contributed by atoms with E-state index in [1.165, 1.54) is 10.5 Å². The summed E-state index contributed by atoms with van der Waals surface area (Å²) in [5.41, 5.74) is 1.24. The van der Waals surface area contributed by atoms with Gasteiger partial charge in [-0.1, -0.05) is 29.8 Å². The number of halogens is 1. The number of benzene rings is 1. The Labute approximate surface area is 131 Å². The Morgan fingerprint density at radius 1 is 1.40 bits per heavy atom. The highest BCUT2D eigenvalue weighted by atomic mass is 79.9. The molecule has 0 aliphatic heterocycles. The van der Waals surface area contributed by atoms with E-state index in [4.69, 9.17) is 0 Å². The fourth-order valence-corrected chi connectivity index (χ4v) is 2.94. The van der Waals surface area contributed by atoms with Gasteiger partial charge in [0, 0.05) is 23.0 Å². The van der Waals surface area contributed by atoms with Gasteiger partial charge in [0.15, 0.2) is 0 Å². The molecule has 0 saturated carbocycles. The van der Waals surface area contributed by atoms with E-state index in [9.17, 15) is 0 Å². The van der Waals surface area contributed by atoms with Crippen LogP contribution in [0, 0.1) is 5.92 Å². The molecule has 0 amide bonds. The molecule has 2 rings (SSSR count). The summed E-state index contributed by atoms with van der Waals surface area (Å²) in [6.07, 6.45) is 0. The maximum absolute atomic E-state index is 4.02. The molecular weight excluding hydrogens is 338 g/mol. The van der Waals surface area contributed by atoms with Crippen molar-refractivity contribution in [3.63, 3.8) is 0 Å². The normalized spacial score (nSPS) is 11.2. The summed E-state index contributed by atoms with van der Waals surface area (Å²) in [5, 5.41) is 15.8. The molecule has 0 unspecified atom stereocenters. The van der Waals surface area contributed by atoms with Crippen LogP contribution in [-0.2, 0) is 13.6 Å². The Balaban J connectivity index is 2.13. The third-order valence-corrected chi connectivity index (χ3v) is 4.31. The van der Waals surface area contributed by atoms with Crippen LogP contribution in [0.25, 0.3) is 0 Å². The van der Waals surface area contributed by atoms with Crippen LogP contribution in [0.2, 0.25) is 0 Å². The molecule has 1 aromatic heterocycles. The van der Waals surface area contributed by atoms with E-state index >= 15 is 0 Å². The lowest BCUT2D eigenvalue weighted by Crippen LogP contribution is -2.19. The molecule has 1 N–H and O–H groups in total. The van der Waals surface area contributed by atoms with Crippen LogP contribution in [0.5, 0.6) is 0 Å². The largest absolute Gasteiger partial charge is 0.312 e.